The fraction of sp³-hybridized carbons (Fsp3) is 0.281. The predicted molar refractivity (Wildman–Crippen MR) is 153 cm³/mol. The van der Waals surface area contributed by atoms with Crippen molar-refractivity contribution in [2.75, 3.05) is 6.54 Å². The van der Waals surface area contributed by atoms with Gasteiger partial charge in [-0.3, -0.25) is 0 Å². The third-order valence-electron chi connectivity index (χ3n) is 6.23. The monoisotopic (exact) mass is 555 g/mol. The molecule has 0 unspecified atom stereocenters. The molecular formula is C32H39NSiZr-4. The zero-order chi connectivity index (χ0) is 24.1. The molecule has 35 heavy (non-hydrogen) atoms. The molecule has 0 saturated carbocycles. The van der Waals surface area contributed by atoms with Crippen LogP contribution < -0.4 is 0 Å². The summed E-state index contributed by atoms with van der Waals surface area (Å²) in [7, 11) is 0. The molecule has 3 aromatic carbocycles. The average molecular weight is 557 g/mol. The Morgan fingerprint density at radius 3 is 2.23 bits per heavy atom. The minimum absolute atomic E-state index is 0. The number of nitrogens with zero attached hydrogens (tertiary/aromatic N) is 1. The van der Waals surface area contributed by atoms with Crippen LogP contribution in [0.15, 0.2) is 83.6 Å². The molecular weight excluding hydrogens is 518 g/mol. The quantitative estimate of drug-likeness (QED) is 0.232. The molecule has 0 atom stereocenters. The molecule has 2 aliphatic rings. The van der Waals surface area contributed by atoms with E-state index in [1.807, 2.05) is 0 Å². The summed E-state index contributed by atoms with van der Waals surface area (Å²) in [6, 6.07) is 20.2. The summed E-state index contributed by atoms with van der Waals surface area (Å²) >= 11 is 1.36. The van der Waals surface area contributed by atoms with Crippen molar-refractivity contribution >= 4 is 17.7 Å². The summed E-state index contributed by atoms with van der Waals surface area (Å²) < 4.78 is 0. The molecule has 1 nitrogen and oxygen atoms in total. The number of allylic oxidation sites excluding steroid dienone is 3. The van der Waals surface area contributed by atoms with Gasteiger partial charge in [-0.25, -0.2) is 0 Å². The Balaban J connectivity index is 0.000000315. The second-order valence-electron chi connectivity index (χ2n) is 9.28. The second-order valence-corrected chi connectivity index (χ2v) is 9.28. The molecule has 1 aliphatic carbocycles. The van der Waals surface area contributed by atoms with Crippen molar-refractivity contribution < 1.29 is 23.3 Å². The molecule has 2 radical (unpaired) electrons. The summed E-state index contributed by atoms with van der Waals surface area (Å²) in [5.41, 5.74) is 9.35. The molecule has 0 bridgehead atoms. The number of aryl methyl sites for hydroxylation is 2. The third kappa shape index (κ3) is 7.11. The maximum absolute atomic E-state index is 3.48. The van der Waals surface area contributed by atoms with Crippen molar-refractivity contribution in [2.45, 2.75) is 47.6 Å². The van der Waals surface area contributed by atoms with Gasteiger partial charge in [-0.2, -0.15) is 6.07 Å². The fourth-order valence-electron chi connectivity index (χ4n) is 4.42. The van der Waals surface area contributed by atoms with Gasteiger partial charge in [0.2, 0.25) is 0 Å². The van der Waals surface area contributed by atoms with E-state index < -0.39 is 0 Å². The number of hydrogen-bond donors (Lipinski definition) is 0. The number of fused-ring (bicyclic) bond motifs is 2. The van der Waals surface area contributed by atoms with Crippen LogP contribution in [0.25, 0.3) is 21.9 Å². The first kappa shape index (κ1) is 31.2. The van der Waals surface area contributed by atoms with Crippen LogP contribution >= 0.6 is 0 Å². The molecule has 0 aromatic heterocycles. The number of benzene rings is 2. The maximum atomic E-state index is 3.48. The van der Waals surface area contributed by atoms with Crippen molar-refractivity contribution in [1.29, 1.82) is 0 Å². The van der Waals surface area contributed by atoms with E-state index in [2.05, 4.69) is 126 Å². The standard InChI is InChI=1S/C17H15.C13H18N.2CH3.Si.Zr/c1-12-10-16-13(2)8-9-15(17(16)11-12)14-6-4-3-5-7-14;1-9(2)12-7-11-5-6-14(10(3)4)13(11)8-12;;;;/h3-11H,1-2H3;5,8-10H,6H2,1-4H3;2*1H3;;/q4*-1;;. The Hall–Kier alpha value is -1.83. The molecule has 1 aliphatic heterocycles. The number of hydrogen-bond acceptors (Lipinski definition) is 1. The molecule has 3 aromatic rings. The molecule has 184 valence electrons. The van der Waals surface area contributed by atoms with E-state index in [0.717, 1.165) is 6.54 Å². The molecule has 0 amide bonds. The van der Waals surface area contributed by atoms with Crippen LogP contribution in [0.2, 0.25) is 0 Å². The van der Waals surface area contributed by atoms with Crippen LogP contribution in [-0.4, -0.2) is 24.4 Å². The number of rotatable bonds is 3. The van der Waals surface area contributed by atoms with E-state index in [9.17, 15) is 0 Å². The van der Waals surface area contributed by atoms with Crippen LogP contribution in [0.5, 0.6) is 0 Å². The van der Waals surface area contributed by atoms with Crippen LogP contribution in [-0.2, 0) is 23.3 Å². The minimum atomic E-state index is 0. The van der Waals surface area contributed by atoms with Gasteiger partial charge in [0.05, 0.1) is 0 Å². The van der Waals surface area contributed by atoms with Gasteiger partial charge in [-0.15, -0.1) is 63.4 Å². The zero-order valence-electron chi connectivity index (χ0n) is 22.7. The van der Waals surface area contributed by atoms with Gasteiger partial charge in [0.1, 0.15) is 0 Å². The normalized spacial score (nSPS) is 13.5. The summed E-state index contributed by atoms with van der Waals surface area (Å²) in [5, 5.41) is 2.75. The van der Waals surface area contributed by atoms with Crippen molar-refractivity contribution in [2.24, 2.45) is 5.92 Å². The van der Waals surface area contributed by atoms with Gasteiger partial charge in [0, 0.05) is 6.04 Å². The topological polar surface area (TPSA) is 3.24 Å². The summed E-state index contributed by atoms with van der Waals surface area (Å²) in [5.74, 6) is 0.586. The van der Waals surface area contributed by atoms with Crippen molar-refractivity contribution in [3.8, 4) is 11.1 Å². The van der Waals surface area contributed by atoms with Crippen molar-refractivity contribution in [3.63, 3.8) is 0 Å². The Kier molecular flexibility index (Phi) is 12.5. The van der Waals surface area contributed by atoms with Gasteiger partial charge in [0.25, 0.3) is 0 Å². The summed E-state index contributed by atoms with van der Waals surface area (Å²) in [4.78, 5) is 2.43. The SMILES string of the molecule is CC(C)C1=[C-]C2=CCN(C(C)C)C2=C1.Cc1cc2c(-c3ccccc3)ccc(C)c2[cH-]1.[CH3-].[CH3-].[Si]=[Zr]. The van der Waals surface area contributed by atoms with E-state index in [1.165, 1.54) is 73.2 Å². The van der Waals surface area contributed by atoms with E-state index in [0.29, 0.717) is 12.0 Å². The first-order chi connectivity index (χ1) is 15.8. The van der Waals surface area contributed by atoms with E-state index in [-0.39, 0.29) is 14.9 Å². The van der Waals surface area contributed by atoms with E-state index >= 15 is 0 Å². The average Bonchev–Trinajstić information content (AvgIpc) is 3.50. The van der Waals surface area contributed by atoms with Crippen molar-refractivity contribution in [3.05, 3.63) is 116 Å². The second kappa shape index (κ2) is 14.0. The molecule has 0 spiro atoms. The Morgan fingerprint density at radius 1 is 0.971 bits per heavy atom. The van der Waals surface area contributed by atoms with Crippen LogP contribution in [0, 0.1) is 40.7 Å². The predicted octanol–water partition coefficient (Wildman–Crippen LogP) is 8.28. The molecule has 1 heterocycles. The molecule has 5 rings (SSSR count). The molecule has 0 fully saturated rings. The Morgan fingerprint density at radius 2 is 1.63 bits per heavy atom. The van der Waals surface area contributed by atoms with Gasteiger partial charge in [-0.1, -0.05) is 75.4 Å². The van der Waals surface area contributed by atoms with E-state index in [4.69, 9.17) is 0 Å². The molecule has 0 saturated heterocycles. The van der Waals surface area contributed by atoms with Crippen LogP contribution in [0.4, 0.5) is 0 Å². The van der Waals surface area contributed by atoms with Gasteiger partial charge in [0.15, 0.2) is 0 Å². The van der Waals surface area contributed by atoms with Gasteiger partial charge in [-0.05, 0) is 31.9 Å². The first-order valence-corrected chi connectivity index (χ1v) is 15.8. The van der Waals surface area contributed by atoms with Gasteiger partial charge >= 0.3 is 30.2 Å². The van der Waals surface area contributed by atoms with E-state index in [1.54, 1.807) is 0 Å². The summed E-state index contributed by atoms with van der Waals surface area (Å²) in [6.07, 6.45) is 8.05. The van der Waals surface area contributed by atoms with Crippen LogP contribution in [0.3, 0.4) is 0 Å². The molecule has 0 N–H and O–H groups in total. The summed E-state index contributed by atoms with van der Waals surface area (Å²) in [6.45, 7) is 17.4. The van der Waals surface area contributed by atoms with Crippen molar-refractivity contribution in [1.82, 2.24) is 4.90 Å². The van der Waals surface area contributed by atoms with Crippen LogP contribution in [0.1, 0.15) is 38.8 Å². The Bertz CT molecular complexity index is 1200. The molecule has 3 heteroatoms. The third-order valence-corrected chi connectivity index (χ3v) is 6.23. The first-order valence-electron chi connectivity index (χ1n) is 11.6. The van der Waals surface area contributed by atoms with Gasteiger partial charge < -0.3 is 19.8 Å². The Labute approximate surface area is 231 Å². The fourth-order valence-corrected chi connectivity index (χ4v) is 4.42. The zero-order valence-corrected chi connectivity index (χ0v) is 26.1.